The van der Waals surface area contributed by atoms with Crippen LogP contribution in [0.5, 0.6) is 5.75 Å². The van der Waals surface area contributed by atoms with E-state index >= 15 is 0 Å². The molecule has 0 saturated heterocycles. The topological polar surface area (TPSA) is 41.6 Å². The van der Waals surface area contributed by atoms with Crippen molar-refractivity contribution in [2.45, 2.75) is 25.7 Å². The molecule has 4 nitrogen and oxygen atoms in total. The molecule has 164 valence electrons. The molecule has 0 radical (unpaired) electrons. The zero-order valence-electron chi connectivity index (χ0n) is 18.6. The second kappa shape index (κ2) is 8.83. The molecule has 0 spiro atoms. The van der Waals surface area contributed by atoms with Crippen LogP contribution in [0.2, 0.25) is 0 Å². The molecule has 4 aromatic carbocycles. The van der Waals surface area contributed by atoms with Crippen LogP contribution in [0.1, 0.15) is 34.0 Å². The van der Waals surface area contributed by atoms with Crippen molar-refractivity contribution in [2.24, 2.45) is 0 Å². The molecular formula is C29H26N2O2. The van der Waals surface area contributed by atoms with Gasteiger partial charge in [0.2, 0.25) is 0 Å². The maximum Gasteiger partial charge on any atom is 0.258 e. The number of hydrogen-bond acceptors (Lipinski definition) is 3. The quantitative estimate of drug-likeness (QED) is 0.392. The van der Waals surface area contributed by atoms with Gasteiger partial charge < -0.3 is 15.0 Å². The normalized spacial score (nSPS) is 17.2. The maximum atomic E-state index is 13.7. The van der Waals surface area contributed by atoms with E-state index in [4.69, 9.17) is 4.74 Å². The number of nitrogens with one attached hydrogen (secondary N) is 1. The van der Waals surface area contributed by atoms with Crippen LogP contribution in [-0.4, -0.2) is 10.8 Å². The molecule has 4 heteroatoms. The fraction of sp³-hybridized carbons (Fsp3) is 0.138. The third-order valence-corrected chi connectivity index (χ3v) is 6.15. The molecule has 1 heterocycles. The summed E-state index contributed by atoms with van der Waals surface area (Å²) in [7, 11) is 0. The number of carbonyl (C=O) groups is 1. The van der Waals surface area contributed by atoms with Gasteiger partial charge in [0.05, 0.1) is 5.56 Å². The van der Waals surface area contributed by atoms with Gasteiger partial charge in [0.1, 0.15) is 18.0 Å². The average Bonchev–Trinajstić information content (AvgIpc) is 2.87. The average molecular weight is 435 g/mol. The molecule has 0 aromatic heterocycles. The van der Waals surface area contributed by atoms with Crippen molar-refractivity contribution in [1.82, 2.24) is 4.90 Å². The van der Waals surface area contributed by atoms with Gasteiger partial charge in [0.25, 0.3) is 5.91 Å². The van der Waals surface area contributed by atoms with Crippen LogP contribution >= 0.6 is 0 Å². The van der Waals surface area contributed by atoms with Crippen LogP contribution in [-0.2, 0) is 18.8 Å². The van der Waals surface area contributed by atoms with Crippen molar-refractivity contribution in [3.8, 4) is 5.75 Å². The number of ether oxygens (including phenoxy) is 1. The Morgan fingerprint density at radius 3 is 2.12 bits per heavy atom. The smallest absolute Gasteiger partial charge is 0.258 e. The van der Waals surface area contributed by atoms with Gasteiger partial charge >= 0.3 is 0 Å². The molecular weight excluding hydrogens is 408 g/mol. The molecule has 1 N–H and O–H groups in total. The molecule has 1 amide bonds. The summed E-state index contributed by atoms with van der Waals surface area (Å²) in [6.07, 6.45) is 0. The van der Waals surface area contributed by atoms with Crippen LogP contribution in [0.25, 0.3) is 0 Å². The summed E-state index contributed by atoms with van der Waals surface area (Å²) in [5.41, 5.74) is 3.78. The maximum absolute atomic E-state index is 13.7. The molecule has 33 heavy (non-hydrogen) atoms. The molecule has 0 saturated carbocycles. The second-order valence-corrected chi connectivity index (χ2v) is 8.39. The Balaban J connectivity index is 1.56. The van der Waals surface area contributed by atoms with Crippen molar-refractivity contribution in [2.75, 3.05) is 5.32 Å². The highest BCUT2D eigenvalue weighted by Gasteiger charge is 2.44. The molecule has 0 aliphatic carbocycles. The number of para-hydroxylation sites is 2. The number of amides is 1. The van der Waals surface area contributed by atoms with Gasteiger partial charge in [0, 0.05) is 17.8 Å². The Morgan fingerprint density at radius 1 is 0.758 bits per heavy atom. The lowest BCUT2D eigenvalue weighted by Crippen LogP contribution is -2.55. The molecule has 4 aromatic rings. The summed E-state index contributed by atoms with van der Waals surface area (Å²) < 4.78 is 6.29. The Bertz CT molecular complexity index is 1260. The van der Waals surface area contributed by atoms with Gasteiger partial charge in [0.15, 0.2) is 0 Å². The lowest BCUT2D eigenvalue weighted by molar-refractivity contribution is 0.0502. The van der Waals surface area contributed by atoms with Gasteiger partial charge in [-0.15, -0.1) is 0 Å². The van der Waals surface area contributed by atoms with Crippen LogP contribution in [0.3, 0.4) is 0 Å². The van der Waals surface area contributed by atoms with Crippen molar-refractivity contribution in [3.05, 3.63) is 131 Å². The van der Waals surface area contributed by atoms with E-state index in [1.807, 2.05) is 114 Å². The summed E-state index contributed by atoms with van der Waals surface area (Å²) in [5, 5.41) is 3.65. The first kappa shape index (κ1) is 20.8. The van der Waals surface area contributed by atoms with Crippen molar-refractivity contribution in [3.63, 3.8) is 0 Å². The lowest BCUT2D eigenvalue weighted by Gasteiger charge is -2.47. The summed E-state index contributed by atoms with van der Waals surface area (Å²) >= 11 is 0. The SMILES string of the molecule is CC1(c2ccccc2OCc2ccccc2)Nc2ccccc2C(=O)N1Cc1ccccc1. The van der Waals surface area contributed by atoms with Gasteiger partial charge in [-0.05, 0) is 36.2 Å². The van der Waals surface area contributed by atoms with E-state index in [-0.39, 0.29) is 5.91 Å². The number of anilines is 1. The zero-order valence-corrected chi connectivity index (χ0v) is 18.6. The van der Waals surface area contributed by atoms with E-state index in [0.717, 1.165) is 28.1 Å². The Labute approximate surface area is 194 Å². The first-order valence-corrected chi connectivity index (χ1v) is 11.1. The Morgan fingerprint density at radius 2 is 1.36 bits per heavy atom. The van der Waals surface area contributed by atoms with Gasteiger partial charge in [-0.25, -0.2) is 0 Å². The van der Waals surface area contributed by atoms with E-state index in [0.29, 0.717) is 18.7 Å². The number of fused-ring (bicyclic) bond motifs is 1. The minimum Gasteiger partial charge on any atom is -0.488 e. The third kappa shape index (κ3) is 4.08. The van der Waals surface area contributed by atoms with Gasteiger partial charge in [-0.1, -0.05) is 91.0 Å². The molecule has 5 rings (SSSR count). The fourth-order valence-electron chi connectivity index (χ4n) is 4.40. The summed E-state index contributed by atoms with van der Waals surface area (Å²) in [4.78, 5) is 15.6. The van der Waals surface area contributed by atoms with Crippen molar-refractivity contribution in [1.29, 1.82) is 0 Å². The number of hydrogen-bond donors (Lipinski definition) is 1. The number of rotatable bonds is 6. The molecule has 1 unspecified atom stereocenters. The van der Waals surface area contributed by atoms with Crippen molar-refractivity contribution >= 4 is 11.6 Å². The van der Waals surface area contributed by atoms with Crippen LogP contribution in [0.4, 0.5) is 5.69 Å². The molecule has 1 aliphatic heterocycles. The fourth-order valence-corrected chi connectivity index (χ4v) is 4.40. The van der Waals surface area contributed by atoms with Crippen LogP contribution < -0.4 is 10.1 Å². The van der Waals surface area contributed by atoms with E-state index in [2.05, 4.69) is 12.2 Å². The van der Waals surface area contributed by atoms with E-state index in [1.54, 1.807) is 0 Å². The van der Waals surface area contributed by atoms with Crippen LogP contribution in [0, 0.1) is 0 Å². The monoisotopic (exact) mass is 434 g/mol. The van der Waals surface area contributed by atoms with Gasteiger partial charge in [-0.3, -0.25) is 4.79 Å². The predicted molar refractivity (Wildman–Crippen MR) is 131 cm³/mol. The van der Waals surface area contributed by atoms with E-state index < -0.39 is 5.66 Å². The van der Waals surface area contributed by atoms with Crippen LogP contribution in [0.15, 0.2) is 109 Å². The number of carbonyl (C=O) groups excluding carboxylic acids is 1. The van der Waals surface area contributed by atoms with Crippen molar-refractivity contribution < 1.29 is 9.53 Å². The molecule has 0 fully saturated rings. The standard InChI is InChI=1S/C29H26N2O2/c1-29(25-17-9-11-19-27(25)33-21-23-14-6-3-7-15-23)30-26-18-10-8-16-24(26)28(32)31(29)20-22-12-4-2-5-13-22/h2-19,30H,20-21H2,1H3. The third-order valence-electron chi connectivity index (χ3n) is 6.15. The minimum atomic E-state index is -0.797. The number of nitrogens with zero attached hydrogens (tertiary/aromatic N) is 1. The molecule has 1 atom stereocenters. The largest absolute Gasteiger partial charge is 0.488 e. The summed E-state index contributed by atoms with van der Waals surface area (Å²) in [5.74, 6) is 0.746. The highest BCUT2D eigenvalue weighted by Crippen LogP contribution is 2.42. The zero-order chi connectivity index (χ0) is 22.7. The highest BCUT2D eigenvalue weighted by molar-refractivity contribution is 6.02. The molecule has 0 bridgehead atoms. The summed E-state index contributed by atoms with van der Waals surface area (Å²) in [6, 6.07) is 35.8. The highest BCUT2D eigenvalue weighted by atomic mass is 16.5. The van der Waals surface area contributed by atoms with E-state index in [9.17, 15) is 4.79 Å². The first-order valence-electron chi connectivity index (χ1n) is 11.1. The number of benzene rings is 4. The second-order valence-electron chi connectivity index (χ2n) is 8.39. The Hall–Kier alpha value is -4.05. The minimum absolute atomic E-state index is 0.00596. The Kier molecular flexibility index (Phi) is 5.57. The first-order chi connectivity index (χ1) is 16.1. The summed E-state index contributed by atoms with van der Waals surface area (Å²) in [6.45, 7) is 2.98. The lowest BCUT2D eigenvalue weighted by atomic mass is 9.92. The van der Waals surface area contributed by atoms with Gasteiger partial charge in [-0.2, -0.15) is 0 Å². The molecule has 1 aliphatic rings. The predicted octanol–water partition coefficient (Wildman–Crippen LogP) is 6.21. The van der Waals surface area contributed by atoms with E-state index in [1.165, 1.54) is 0 Å².